The molecule has 1 fully saturated rings. The van der Waals surface area contributed by atoms with Crippen LogP contribution < -0.4 is 5.32 Å². The zero-order valence-electron chi connectivity index (χ0n) is 16.1. The predicted molar refractivity (Wildman–Crippen MR) is 112 cm³/mol. The molecule has 0 spiro atoms. The van der Waals surface area contributed by atoms with Gasteiger partial charge in [0.15, 0.2) is 5.16 Å². The van der Waals surface area contributed by atoms with Crippen LogP contribution in [0.1, 0.15) is 42.6 Å². The fourth-order valence-electron chi connectivity index (χ4n) is 3.03. The molecule has 2 aromatic carbocycles. The van der Waals surface area contributed by atoms with Crippen LogP contribution in [0.15, 0.2) is 59.8 Å². The quantitative estimate of drug-likeness (QED) is 0.611. The molecule has 1 atom stereocenters. The van der Waals surface area contributed by atoms with Crippen LogP contribution in [0.25, 0.3) is 5.69 Å². The summed E-state index contributed by atoms with van der Waals surface area (Å²) in [7, 11) is 0. The van der Waals surface area contributed by atoms with Crippen LogP contribution in [0.2, 0.25) is 0 Å². The molecule has 3 aromatic rings. The van der Waals surface area contributed by atoms with E-state index in [1.807, 2.05) is 37.3 Å². The van der Waals surface area contributed by atoms with E-state index in [2.05, 4.69) is 51.3 Å². The highest BCUT2D eigenvalue weighted by molar-refractivity contribution is 8.00. The van der Waals surface area contributed by atoms with Gasteiger partial charge in [-0.2, -0.15) is 0 Å². The molecule has 1 unspecified atom stereocenters. The van der Waals surface area contributed by atoms with E-state index in [-0.39, 0.29) is 11.2 Å². The third-order valence-corrected chi connectivity index (χ3v) is 5.90. The Kier molecular flexibility index (Phi) is 5.48. The van der Waals surface area contributed by atoms with E-state index in [9.17, 15) is 4.79 Å². The number of thioether (sulfide) groups is 1. The molecular weight excluding hydrogens is 368 g/mol. The molecule has 1 aliphatic rings. The SMILES string of the molecule is Cc1ccc(CNC(=O)C(C)Sc2nnc(C3CC3)n2-c2ccccc2)cc1. The van der Waals surface area contributed by atoms with E-state index >= 15 is 0 Å². The van der Waals surface area contributed by atoms with Gasteiger partial charge in [0.2, 0.25) is 5.91 Å². The largest absolute Gasteiger partial charge is 0.351 e. The van der Waals surface area contributed by atoms with Gasteiger partial charge in [-0.1, -0.05) is 59.8 Å². The second kappa shape index (κ2) is 8.19. The Morgan fingerprint density at radius 3 is 2.54 bits per heavy atom. The van der Waals surface area contributed by atoms with Gasteiger partial charge < -0.3 is 5.32 Å². The van der Waals surface area contributed by atoms with Crippen molar-refractivity contribution in [2.75, 3.05) is 0 Å². The van der Waals surface area contributed by atoms with Gasteiger partial charge >= 0.3 is 0 Å². The van der Waals surface area contributed by atoms with Gasteiger partial charge in [0.25, 0.3) is 0 Å². The maximum Gasteiger partial charge on any atom is 0.233 e. The van der Waals surface area contributed by atoms with E-state index in [0.717, 1.165) is 35.1 Å². The lowest BCUT2D eigenvalue weighted by atomic mass is 10.1. The number of benzene rings is 2. The van der Waals surface area contributed by atoms with E-state index in [0.29, 0.717) is 12.5 Å². The van der Waals surface area contributed by atoms with Gasteiger partial charge in [-0.3, -0.25) is 9.36 Å². The molecule has 1 aromatic heterocycles. The van der Waals surface area contributed by atoms with E-state index in [4.69, 9.17) is 0 Å². The van der Waals surface area contributed by atoms with Crippen LogP contribution in [0.4, 0.5) is 0 Å². The Balaban J connectivity index is 1.46. The molecule has 0 radical (unpaired) electrons. The maximum atomic E-state index is 12.6. The molecule has 144 valence electrons. The van der Waals surface area contributed by atoms with Gasteiger partial charge in [0.05, 0.1) is 5.25 Å². The lowest BCUT2D eigenvalue weighted by molar-refractivity contribution is -0.120. The van der Waals surface area contributed by atoms with Crippen molar-refractivity contribution in [2.24, 2.45) is 0 Å². The van der Waals surface area contributed by atoms with Crippen LogP contribution in [0.5, 0.6) is 0 Å². The van der Waals surface area contributed by atoms with E-state index < -0.39 is 0 Å². The molecule has 5 nitrogen and oxygen atoms in total. The molecule has 0 saturated heterocycles. The monoisotopic (exact) mass is 392 g/mol. The van der Waals surface area contributed by atoms with Crippen LogP contribution in [0.3, 0.4) is 0 Å². The first-order valence-electron chi connectivity index (χ1n) is 9.62. The standard InChI is InChI=1S/C22H24N4OS/c1-15-8-10-17(11-9-15)14-23-21(27)16(2)28-22-25-24-20(18-12-13-18)26(22)19-6-4-3-5-7-19/h3-11,16,18H,12-14H2,1-2H3,(H,23,27). The predicted octanol–water partition coefficient (Wildman–Crippen LogP) is 4.25. The number of carbonyl (C=O) groups is 1. The lowest BCUT2D eigenvalue weighted by Gasteiger charge is -2.14. The van der Waals surface area contributed by atoms with Gasteiger partial charge in [0.1, 0.15) is 5.82 Å². The number of carbonyl (C=O) groups excluding carboxylic acids is 1. The molecule has 1 aliphatic carbocycles. The minimum atomic E-state index is -0.260. The van der Waals surface area contributed by atoms with Crippen molar-refractivity contribution >= 4 is 17.7 Å². The summed E-state index contributed by atoms with van der Waals surface area (Å²) >= 11 is 1.45. The molecule has 1 heterocycles. The summed E-state index contributed by atoms with van der Waals surface area (Å²) in [6.45, 7) is 4.50. The first-order valence-corrected chi connectivity index (χ1v) is 10.5. The molecule has 0 bridgehead atoms. The molecule has 1 N–H and O–H groups in total. The zero-order valence-corrected chi connectivity index (χ0v) is 16.9. The molecule has 1 amide bonds. The number of aryl methyl sites for hydroxylation is 1. The number of hydrogen-bond acceptors (Lipinski definition) is 4. The number of rotatable bonds is 7. The van der Waals surface area contributed by atoms with Gasteiger partial charge in [-0.15, -0.1) is 10.2 Å². The highest BCUT2D eigenvalue weighted by atomic mass is 32.2. The fourth-order valence-corrected chi connectivity index (χ4v) is 3.93. The summed E-state index contributed by atoms with van der Waals surface area (Å²) in [5.74, 6) is 1.48. The van der Waals surface area contributed by atoms with Gasteiger partial charge in [-0.25, -0.2) is 0 Å². The van der Waals surface area contributed by atoms with Crippen molar-refractivity contribution in [3.05, 3.63) is 71.5 Å². The smallest absolute Gasteiger partial charge is 0.233 e. The van der Waals surface area contributed by atoms with Crippen LogP contribution in [0, 0.1) is 6.92 Å². The minimum absolute atomic E-state index is 0.00107. The first kappa shape index (κ1) is 18.7. The first-order chi connectivity index (χ1) is 13.6. The summed E-state index contributed by atoms with van der Waals surface area (Å²) < 4.78 is 2.10. The number of nitrogens with zero attached hydrogens (tertiary/aromatic N) is 3. The van der Waals surface area contributed by atoms with Crippen LogP contribution >= 0.6 is 11.8 Å². The molecule has 28 heavy (non-hydrogen) atoms. The van der Waals surface area contributed by atoms with Crippen molar-refractivity contribution in [1.29, 1.82) is 0 Å². The second-order valence-electron chi connectivity index (χ2n) is 7.25. The topological polar surface area (TPSA) is 59.8 Å². The number of amides is 1. The molecule has 4 rings (SSSR count). The third-order valence-electron chi connectivity index (χ3n) is 4.85. The molecular formula is C22H24N4OS. The van der Waals surface area contributed by atoms with Crippen molar-refractivity contribution in [1.82, 2.24) is 20.1 Å². The Morgan fingerprint density at radius 2 is 1.86 bits per heavy atom. The Labute approximate surface area is 169 Å². The average molecular weight is 393 g/mol. The van der Waals surface area contributed by atoms with Crippen molar-refractivity contribution in [2.45, 2.75) is 49.6 Å². The number of hydrogen-bond donors (Lipinski definition) is 1. The normalized spacial score (nSPS) is 14.6. The Bertz CT molecular complexity index is 948. The highest BCUT2D eigenvalue weighted by Gasteiger charge is 2.31. The van der Waals surface area contributed by atoms with Crippen molar-refractivity contribution < 1.29 is 4.79 Å². The number of nitrogens with one attached hydrogen (secondary N) is 1. The summed E-state index contributed by atoms with van der Waals surface area (Å²) in [5.41, 5.74) is 3.36. The minimum Gasteiger partial charge on any atom is -0.351 e. The van der Waals surface area contributed by atoms with Crippen LogP contribution in [-0.4, -0.2) is 25.9 Å². The number of para-hydroxylation sites is 1. The van der Waals surface area contributed by atoms with Crippen molar-refractivity contribution in [3.8, 4) is 5.69 Å². The second-order valence-corrected chi connectivity index (χ2v) is 8.56. The van der Waals surface area contributed by atoms with E-state index in [1.54, 1.807) is 0 Å². The Morgan fingerprint density at radius 1 is 1.14 bits per heavy atom. The lowest BCUT2D eigenvalue weighted by Crippen LogP contribution is -2.30. The van der Waals surface area contributed by atoms with Crippen molar-refractivity contribution in [3.63, 3.8) is 0 Å². The molecule has 0 aliphatic heterocycles. The molecule has 6 heteroatoms. The summed E-state index contributed by atoms with van der Waals surface area (Å²) in [6, 6.07) is 18.3. The molecule has 1 saturated carbocycles. The summed E-state index contributed by atoms with van der Waals surface area (Å²) in [6.07, 6.45) is 2.31. The summed E-state index contributed by atoms with van der Waals surface area (Å²) in [4.78, 5) is 12.6. The van der Waals surface area contributed by atoms with E-state index in [1.165, 1.54) is 17.3 Å². The maximum absolute atomic E-state index is 12.6. The third kappa shape index (κ3) is 4.28. The highest BCUT2D eigenvalue weighted by Crippen LogP contribution is 2.41. The van der Waals surface area contributed by atoms with Gasteiger partial charge in [0, 0.05) is 18.2 Å². The van der Waals surface area contributed by atoms with Crippen LogP contribution in [-0.2, 0) is 11.3 Å². The van der Waals surface area contributed by atoms with Gasteiger partial charge in [-0.05, 0) is 44.4 Å². The number of aromatic nitrogens is 3. The fraction of sp³-hybridized carbons (Fsp3) is 0.318. The Hall–Kier alpha value is -2.60. The average Bonchev–Trinajstić information content (AvgIpc) is 3.48. The zero-order chi connectivity index (χ0) is 19.5. The summed E-state index contributed by atoms with van der Waals surface area (Å²) in [5, 5.41) is 12.4.